The third-order valence-electron chi connectivity index (χ3n) is 2.73. The number of ether oxygens (including phenoxy) is 1. The summed E-state index contributed by atoms with van der Waals surface area (Å²) in [7, 11) is -1.58. The van der Waals surface area contributed by atoms with Crippen molar-refractivity contribution in [3.8, 4) is 5.75 Å². The van der Waals surface area contributed by atoms with Gasteiger partial charge in [0.1, 0.15) is 18.2 Å². The van der Waals surface area contributed by atoms with Crippen LogP contribution >= 0.6 is 0 Å². The molecule has 0 aliphatic heterocycles. The molecule has 6 heteroatoms. The smallest absolute Gasteiger partial charge is 0.487 e. The van der Waals surface area contributed by atoms with E-state index in [1.807, 2.05) is 0 Å². The van der Waals surface area contributed by atoms with Gasteiger partial charge in [0.25, 0.3) is 0 Å². The summed E-state index contributed by atoms with van der Waals surface area (Å²) in [6.07, 6.45) is 2.82. The molecule has 4 nitrogen and oxygen atoms in total. The van der Waals surface area contributed by atoms with Crippen molar-refractivity contribution >= 4 is 12.6 Å². The van der Waals surface area contributed by atoms with Crippen molar-refractivity contribution in [1.82, 2.24) is 4.98 Å². The van der Waals surface area contributed by atoms with Gasteiger partial charge in [-0.3, -0.25) is 4.98 Å². The van der Waals surface area contributed by atoms with E-state index in [4.69, 9.17) is 14.8 Å². The Kier molecular flexibility index (Phi) is 4.14. The molecule has 1 aromatic carbocycles. The van der Waals surface area contributed by atoms with Crippen LogP contribution in [-0.2, 0) is 6.61 Å². The molecule has 0 unspecified atom stereocenters. The summed E-state index contributed by atoms with van der Waals surface area (Å²) in [5.41, 5.74) is 1.91. The molecule has 98 valence electrons. The van der Waals surface area contributed by atoms with Gasteiger partial charge in [-0.15, -0.1) is 0 Å². The van der Waals surface area contributed by atoms with Gasteiger partial charge >= 0.3 is 7.12 Å². The van der Waals surface area contributed by atoms with Gasteiger partial charge in [-0.1, -0.05) is 6.07 Å². The largest absolute Gasteiger partial charge is 0.490 e. The maximum absolute atomic E-state index is 12.9. The zero-order chi connectivity index (χ0) is 13.8. The number of aryl methyl sites for hydroxylation is 1. The zero-order valence-corrected chi connectivity index (χ0v) is 10.4. The first-order valence-corrected chi connectivity index (χ1v) is 5.75. The highest BCUT2D eigenvalue weighted by molar-refractivity contribution is 6.58. The quantitative estimate of drug-likeness (QED) is 0.798. The number of hydrogen-bond donors (Lipinski definition) is 2. The van der Waals surface area contributed by atoms with Crippen LogP contribution in [0.3, 0.4) is 0 Å². The molecule has 1 aromatic heterocycles. The molecular formula is C13H13BFNO3. The van der Waals surface area contributed by atoms with Crippen molar-refractivity contribution in [2.45, 2.75) is 13.5 Å². The minimum atomic E-state index is -1.58. The number of hydrogen-bond acceptors (Lipinski definition) is 4. The molecule has 0 aliphatic rings. The van der Waals surface area contributed by atoms with E-state index in [1.54, 1.807) is 13.0 Å². The molecule has 0 radical (unpaired) electrons. The molecule has 0 fully saturated rings. The lowest BCUT2D eigenvalue weighted by molar-refractivity contribution is 0.304. The van der Waals surface area contributed by atoms with Crippen LogP contribution in [0.1, 0.15) is 11.1 Å². The Labute approximate surface area is 110 Å². The highest BCUT2D eigenvalue weighted by Crippen LogP contribution is 2.14. The molecule has 0 saturated carbocycles. The lowest BCUT2D eigenvalue weighted by Gasteiger charge is -2.09. The standard InChI is InChI=1S/C13H13BFNO3/c1-9-4-12(15)3-2-10(9)8-19-13-5-11(14(17)18)6-16-7-13/h2-7,17-18H,8H2,1H3. The van der Waals surface area contributed by atoms with E-state index < -0.39 is 7.12 Å². The molecule has 0 amide bonds. The number of halogens is 1. The average Bonchev–Trinajstić information content (AvgIpc) is 2.38. The summed E-state index contributed by atoms with van der Waals surface area (Å²) in [4.78, 5) is 3.85. The molecule has 2 rings (SSSR count). The Balaban J connectivity index is 2.08. The second-order valence-corrected chi connectivity index (χ2v) is 4.19. The molecule has 0 spiro atoms. The van der Waals surface area contributed by atoms with Crippen molar-refractivity contribution in [2.24, 2.45) is 0 Å². The van der Waals surface area contributed by atoms with Crippen LogP contribution in [0.5, 0.6) is 5.75 Å². The minimum Gasteiger partial charge on any atom is -0.487 e. The lowest BCUT2D eigenvalue weighted by Crippen LogP contribution is -2.30. The first-order chi connectivity index (χ1) is 9.06. The zero-order valence-electron chi connectivity index (χ0n) is 10.4. The molecular weight excluding hydrogens is 248 g/mol. The van der Waals surface area contributed by atoms with Crippen LogP contribution in [0, 0.1) is 12.7 Å². The number of aromatic nitrogens is 1. The van der Waals surface area contributed by atoms with Gasteiger partial charge in [-0.05, 0) is 36.2 Å². The Morgan fingerprint density at radius 1 is 1.26 bits per heavy atom. The van der Waals surface area contributed by atoms with Crippen molar-refractivity contribution in [3.05, 3.63) is 53.6 Å². The fourth-order valence-corrected chi connectivity index (χ4v) is 1.64. The van der Waals surface area contributed by atoms with Crippen LogP contribution in [0.4, 0.5) is 4.39 Å². The first kappa shape index (κ1) is 13.5. The van der Waals surface area contributed by atoms with E-state index in [0.717, 1.165) is 11.1 Å². The van der Waals surface area contributed by atoms with E-state index in [-0.39, 0.29) is 17.9 Å². The van der Waals surface area contributed by atoms with Gasteiger partial charge in [-0.25, -0.2) is 4.39 Å². The molecule has 0 atom stereocenters. The molecule has 0 bridgehead atoms. The van der Waals surface area contributed by atoms with Gasteiger partial charge in [0.2, 0.25) is 0 Å². The van der Waals surface area contributed by atoms with Crippen molar-refractivity contribution in [3.63, 3.8) is 0 Å². The highest BCUT2D eigenvalue weighted by Gasteiger charge is 2.12. The third kappa shape index (κ3) is 3.53. The highest BCUT2D eigenvalue weighted by atomic mass is 19.1. The minimum absolute atomic E-state index is 0.258. The summed E-state index contributed by atoms with van der Waals surface area (Å²) in [5, 5.41) is 18.1. The van der Waals surface area contributed by atoms with Crippen molar-refractivity contribution in [2.75, 3.05) is 0 Å². The number of pyridine rings is 1. The summed E-state index contributed by atoms with van der Waals surface area (Å²) < 4.78 is 18.4. The number of rotatable bonds is 4. The molecule has 0 aliphatic carbocycles. The first-order valence-electron chi connectivity index (χ1n) is 5.75. The van der Waals surface area contributed by atoms with Crippen LogP contribution in [0.2, 0.25) is 0 Å². The fraction of sp³-hybridized carbons (Fsp3) is 0.154. The van der Waals surface area contributed by atoms with E-state index in [9.17, 15) is 4.39 Å². The maximum atomic E-state index is 12.9. The van der Waals surface area contributed by atoms with E-state index in [0.29, 0.717) is 5.75 Å². The van der Waals surface area contributed by atoms with Gasteiger partial charge in [0.05, 0.1) is 6.20 Å². The van der Waals surface area contributed by atoms with Gasteiger partial charge in [-0.2, -0.15) is 0 Å². The predicted molar refractivity (Wildman–Crippen MR) is 69.5 cm³/mol. The van der Waals surface area contributed by atoms with Crippen molar-refractivity contribution in [1.29, 1.82) is 0 Å². The van der Waals surface area contributed by atoms with Gasteiger partial charge < -0.3 is 14.8 Å². The maximum Gasteiger partial charge on any atom is 0.490 e. The summed E-state index contributed by atoms with van der Waals surface area (Å²) >= 11 is 0. The van der Waals surface area contributed by atoms with Crippen molar-refractivity contribution < 1.29 is 19.2 Å². The second kappa shape index (κ2) is 5.82. The Hall–Kier alpha value is -1.92. The van der Waals surface area contributed by atoms with Gasteiger partial charge in [0, 0.05) is 11.7 Å². The van der Waals surface area contributed by atoms with E-state index in [2.05, 4.69) is 4.98 Å². The molecule has 0 saturated heterocycles. The van der Waals surface area contributed by atoms with E-state index in [1.165, 1.54) is 30.6 Å². The topological polar surface area (TPSA) is 62.6 Å². The molecule has 2 N–H and O–H groups in total. The summed E-state index contributed by atoms with van der Waals surface area (Å²) in [6, 6.07) is 5.96. The summed E-state index contributed by atoms with van der Waals surface area (Å²) in [5.74, 6) is 0.141. The van der Waals surface area contributed by atoms with E-state index >= 15 is 0 Å². The molecule has 2 aromatic rings. The SMILES string of the molecule is Cc1cc(F)ccc1COc1cncc(B(O)O)c1. The lowest BCUT2D eigenvalue weighted by atomic mass is 9.82. The second-order valence-electron chi connectivity index (χ2n) is 4.19. The summed E-state index contributed by atoms with van der Waals surface area (Å²) in [6.45, 7) is 2.06. The average molecular weight is 261 g/mol. The fourth-order valence-electron chi connectivity index (χ4n) is 1.64. The Morgan fingerprint density at radius 3 is 2.74 bits per heavy atom. The Morgan fingerprint density at radius 2 is 2.05 bits per heavy atom. The molecule has 19 heavy (non-hydrogen) atoms. The Bertz CT molecular complexity index is 578. The third-order valence-corrected chi connectivity index (χ3v) is 2.73. The normalized spacial score (nSPS) is 10.3. The monoisotopic (exact) mass is 261 g/mol. The molecule has 1 heterocycles. The van der Waals surface area contributed by atoms with Crippen LogP contribution in [-0.4, -0.2) is 22.2 Å². The number of nitrogens with zero attached hydrogens (tertiary/aromatic N) is 1. The number of benzene rings is 1. The van der Waals surface area contributed by atoms with Crippen LogP contribution in [0.25, 0.3) is 0 Å². The van der Waals surface area contributed by atoms with Crippen LogP contribution in [0.15, 0.2) is 36.7 Å². The van der Waals surface area contributed by atoms with Gasteiger partial charge in [0.15, 0.2) is 0 Å². The predicted octanol–water partition coefficient (Wildman–Crippen LogP) is 0.788. The van der Waals surface area contributed by atoms with Crippen LogP contribution < -0.4 is 10.2 Å².